The third kappa shape index (κ3) is 1.81. The van der Waals surface area contributed by atoms with Crippen molar-refractivity contribution in [3.63, 3.8) is 0 Å². The first-order valence-corrected chi connectivity index (χ1v) is 5.61. The van der Waals surface area contributed by atoms with Crippen LogP contribution in [0.15, 0.2) is 22.7 Å². The molecule has 0 bridgehead atoms. The largest absolute Gasteiger partial charge is 0.384 e. The normalized spacial score (nSPS) is 10.8. The molecule has 0 amide bonds. The topological polar surface area (TPSA) is 43.8 Å². The second-order valence-electron chi connectivity index (χ2n) is 3.30. The van der Waals surface area contributed by atoms with Gasteiger partial charge in [0.1, 0.15) is 11.6 Å². The molecule has 1 heterocycles. The molecule has 84 valence electrons. The number of halogens is 3. The Hall–Kier alpha value is -1.07. The van der Waals surface area contributed by atoms with Crippen LogP contribution in [0.4, 0.5) is 10.2 Å². The molecule has 0 fully saturated rings. The molecule has 2 N–H and O–H groups in total. The predicted octanol–water partition coefficient (Wildman–Crippen LogP) is 3.22. The quantitative estimate of drug-likeness (QED) is 0.822. The molecule has 2 rings (SSSR count). The maximum Gasteiger partial charge on any atom is 0.148 e. The molecule has 0 aliphatic heterocycles. The lowest BCUT2D eigenvalue weighted by atomic mass is 10.1. The van der Waals surface area contributed by atoms with Crippen LogP contribution in [0.1, 0.15) is 0 Å². The Balaban J connectivity index is 2.68. The van der Waals surface area contributed by atoms with Gasteiger partial charge < -0.3 is 5.73 Å². The third-order valence-electron chi connectivity index (χ3n) is 2.22. The van der Waals surface area contributed by atoms with Crippen LogP contribution in [-0.2, 0) is 7.05 Å². The molecule has 16 heavy (non-hydrogen) atoms. The molecule has 0 unspecified atom stereocenters. The molecule has 0 radical (unpaired) electrons. The Kier molecular flexibility index (Phi) is 2.90. The Bertz CT molecular complexity index is 534. The predicted molar refractivity (Wildman–Crippen MR) is 65.7 cm³/mol. The average Bonchev–Trinajstić information content (AvgIpc) is 2.54. The van der Waals surface area contributed by atoms with Crippen LogP contribution in [0.2, 0.25) is 5.02 Å². The van der Waals surface area contributed by atoms with Gasteiger partial charge >= 0.3 is 0 Å². The number of aromatic nitrogens is 2. The first-order chi connectivity index (χ1) is 7.50. The molecule has 1 aromatic carbocycles. The monoisotopic (exact) mass is 303 g/mol. The van der Waals surface area contributed by atoms with E-state index in [-0.39, 0.29) is 5.56 Å². The summed E-state index contributed by atoms with van der Waals surface area (Å²) in [6.07, 6.45) is 0. The highest BCUT2D eigenvalue weighted by molar-refractivity contribution is 9.10. The maximum absolute atomic E-state index is 13.9. The molecular weight excluding hydrogens is 296 g/mol. The lowest BCUT2D eigenvalue weighted by Crippen LogP contribution is -1.97. The number of hydrogen-bond acceptors (Lipinski definition) is 2. The minimum absolute atomic E-state index is 0.253. The van der Waals surface area contributed by atoms with Crippen molar-refractivity contribution in [2.24, 2.45) is 7.05 Å². The highest BCUT2D eigenvalue weighted by Gasteiger charge is 2.16. The summed E-state index contributed by atoms with van der Waals surface area (Å²) in [5, 5.41) is 4.39. The van der Waals surface area contributed by atoms with Crippen LogP contribution >= 0.6 is 27.5 Å². The van der Waals surface area contributed by atoms with E-state index in [4.69, 9.17) is 17.3 Å². The number of aryl methyl sites for hydroxylation is 1. The van der Waals surface area contributed by atoms with Crippen LogP contribution in [0, 0.1) is 5.82 Å². The number of nitrogen functional groups attached to an aromatic ring is 1. The summed E-state index contributed by atoms with van der Waals surface area (Å²) in [4.78, 5) is 0. The first kappa shape index (κ1) is 11.4. The second-order valence-corrected chi connectivity index (χ2v) is 4.56. The number of benzene rings is 1. The molecule has 0 aliphatic rings. The fourth-order valence-corrected chi connectivity index (χ4v) is 1.94. The van der Waals surface area contributed by atoms with E-state index in [1.807, 2.05) is 0 Å². The van der Waals surface area contributed by atoms with E-state index in [0.717, 1.165) is 0 Å². The van der Waals surface area contributed by atoms with E-state index in [9.17, 15) is 4.39 Å². The van der Waals surface area contributed by atoms with Crippen LogP contribution in [0.5, 0.6) is 0 Å². The summed E-state index contributed by atoms with van der Waals surface area (Å²) >= 11 is 9.05. The highest BCUT2D eigenvalue weighted by atomic mass is 79.9. The van der Waals surface area contributed by atoms with Gasteiger partial charge in [0.05, 0.1) is 20.8 Å². The van der Waals surface area contributed by atoms with E-state index in [0.29, 0.717) is 21.0 Å². The number of anilines is 1. The van der Waals surface area contributed by atoms with Crippen molar-refractivity contribution in [3.8, 4) is 11.3 Å². The van der Waals surface area contributed by atoms with Gasteiger partial charge in [-0.25, -0.2) is 4.39 Å². The molecule has 0 saturated heterocycles. The Morgan fingerprint density at radius 1 is 1.50 bits per heavy atom. The summed E-state index contributed by atoms with van der Waals surface area (Å²) in [6.45, 7) is 0. The summed E-state index contributed by atoms with van der Waals surface area (Å²) in [6, 6.07) is 4.74. The van der Waals surface area contributed by atoms with Crippen molar-refractivity contribution in [2.75, 3.05) is 5.73 Å². The van der Waals surface area contributed by atoms with E-state index in [1.165, 1.54) is 4.68 Å². The van der Waals surface area contributed by atoms with Crippen LogP contribution < -0.4 is 5.73 Å². The van der Waals surface area contributed by atoms with Crippen molar-refractivity contribution in [1.82, 2.24) is 9.78 Å². The minimum atomic E-state index is -0.439. The van der Waals surface area contributed by atoms with Gasteiger partial charge in [-0.2, -0.15) is 5.10 Å². The number of nitrogens with two attached hydrogens (primary N) is 1. The smallest absolute Gasteiger partial charge is 0.148 e. The number of nitrogens with zero attached hydrogens (tertiary/aromatic N) is 2. The van der Waals surface area contributed by atoms with Crippen molar-refractivity contribution in [3.05, 3.63) is 33.5 Å². The zero-order valence-corrected chi connectivity index (χ0v) is 10.7. The van der Waals surface area contributed by atoms with Gasteiger partial charge in [0.2, 0.25) is 0 Å². The average molecular weight is 305 g/mol. The SMILES string of the molecule is Cn1nc(-c2c(Cl)ccc(Br)c2F)cc1N. The van der Waals surface area contributed by atoms with Gasteiger partial charge in [-0.05, 0) is 28.1 Å². The second kappa shape index (κ2) is 4.07. The van der Waals surface area contributed by atoms with Crippen LogP contribution in [0.3, 0.4) is 0 Å². The van der Waals surface area contributed by atoms with E-state index in [2.05, 4.69) is 21.0 Å². The van der Waals surface area contributed by atoms with Gasteiger partial charge in [0, 0.05) is 13.1 Å². The molecule has 1 aromatic heterocycles. The molecule has 0 atom stereocenters. The molecular formula is C10H8BrClFN3. The first-order valence-electron chi connectivity index (χ1n) is 4.44. The Labute approximate surface area is 105 Å². The summed E-state index contributed by atoms with van der Waals surface area (Å²) in [5.74, 6) is 0.0102. The third-order valence-corrected chi connectivity index (χ3v) is 3.14. The molecule has 0 spiro atoms. The summed E-state index contributed by atoms with van der Waals surface area (Å²) < 4.78 is 15.7. The fourth-order valence-electron chi connectivity index (χ4n) is 1.37. The molecule has 6 heteroatoms. The van der Waals surface area contributed by atoms with Gasteiger partial charge in [0.15, 0.2) is 0 Å². The van der Waals surface area contributed by atoms with Crippen molar-refractivity contribution in [2.45, 2.75) is 0 Å². The van der Waals surface area contributed by atoms with Crippen LogP contribution in [0.25, 0.3) is 11.3 Å². The number of hydrogen-bond donors (Lipinski definition) is 1. The van der Waals surface area contributed by atoms with Gasteiger partial charge in [-0.3, -0.25) is 4.68 Å². The van der Waals surface area contributed by atoms with E-state index < -0.39 is 5.82 Å². The maximum atomic E-state index is 13.9. The van der Waals surface area contributed by atoms with Crippen molar-refractivity contribution < 1.29 is 4.39 Å². The zero-order valence-electron chi connectivity index (χ0n) is 8.34. The van der Waals surface area contributed by atoms with Gasteiger partial charge in [-0.15, -0.1) is 0 Å². The highest BCUT2D eigenvalue weighted by Crippen LogP contribution is 2.34. The van der Waals surface area contributed by atoms with E-state index in [1.54, 1.807) is 25.2 Å². The molecule has 2 aromatic rings. The number of rotatable bonds is 1. The standard InChI is InChI=1S/C10H8BrClFN3/c1-16-8(14)4-7(15-16)9-6(12)3-2-5(11)10(9)13/h2-4H,14H2,1H3. The van der Waals surface area contributed by atoms with Crippen molar-refractivity contribution in [1.29, 1.82) is 0 Å². The molecule has 0 aliphatic carbocycles. The molecule has 0 saturated carbocycles. The lowest BCUT2D eigenvalue weighted by Gasteiger charge is -2.03. The Morgan fingerprint density at radius 2 is 2.19 bits per heavy atom. The fraction of sp³-hybridized carbons (Fsp3) is 0.100. The summed E-state index contributed by atoms with van der Waals surface area (Å²) in [7, 11) is 1.68. The minimum Gasteiger partial charge on any atom is -0.384 e. The van der Waals surface area contributed by atoms with Crippen LogP contribution in [-0.4, -0.2) is 9.78 Å². The van der Waals surface area contributed by atoms with Crippen molar-refractivity contribution >= 4 is 33.3 Å². The molecule has 3 nitrogen and oxygen atoms in total. The summed E-state index contributed by atoms with van der Waals surface area (Å²) in [5.41, 5.74) is 6.31. The Morgan fingerprint density at radius 3 is 2.75 bits per heavy atom. The van der Waals surface area contributed by atoms with Gasteiger partial charge in [0.25, 0.3) is 0 Å². The van der Waals surface area contributed by atoms with Gasteiger partial charge in [-0.1, -0.05) is 11.6 Å². The van der Waals surface area contributed by atoms with E-state index >= 15 is 0 Å². The lowest BCUT2D eigenvalue weighted by molar-refractivity contribution is 0.623. The zero-order chi connectivity index (χ0) is 11.9.